The van der Waals surface area contributed by atoms with E-state index in [1.54, 1.807) is 25.6 Å². The molecule has 96 valence electrons. The zero-order valence-corrected chi connectivity index (χ0v) is 12.6. The molecule has 0 atom stereocenters. The molecule has 0 unspecified atom stereocenters. The minimum atomic E-state index is 0.458. The number of hydrogen-bond donors (Lipinski definition) is 1. The summed E-state index contributed by atoms with van der Waals surface area (Å²) in [4.78, 5) is 1.15. The molecule has 3 nitrogen and oxygen atoms in total. The Bertz CT molecular complexity index is 554. The second-order valence-corrected chi connectivity index (χ2v) is 5.44. The third-order valence-corrected chi connectivity index (χ3v) is 4.56. The van der Waals surface area contributed by atoms with Gasteiger partial charge in [-0.25, -0.2) is 0 Å². The number of methoxy groups -OCH3 is 2. The van der Waals surface area contributed by atoms with Crippen molar-refractivity contribution in [1.82, 2.24) is 0 Å². The Morgan fingerprint density at radius 2 is 1.89 bits per heavy atom. The number of nitrogens with two attached hydrogens (primary N) is 1. The average molecular weight is 328 g/mol. The van der Waals surface area contributed by atoms with Crippen molar-refractivity contribution < 1.29 is 9.47 Å². The maximum absolute atomic E-state index is 5.81. The van der Waals surface area contributed by atoms with E-state index < -0.39 is 0 Å². The van der Waals surface area contributed by atoms with Crippen LogP contribution in [0.2, 0.25) is 0 Å². The van der Waals surface area contributed by atoms with Crippen molar-refractivity contribution in [3.8, 4) is 21.9 Å². The molecule has 0 saturated carbocycles. The van der Waals surface area contributed by atoms with Gasteiger partial charge in [-0.15, -0.1) is 11.3 Å². The summed E-state index contributed by atoms with van der Waals surface area (Å²) < 4.78 is 11.7. The van der Waals surface area contributed by atoms with Crippen molar-refractivity contribution in [2.75, 3.05) is 14.2 Å². The van der Waals surface area contributed by atoms with Crippen LogP contribution < -0.4 is 15.2 Å². The molecule has 1 heterocycles. The first-order chi connectivity index (χ1) is 8.71. The van der Waals surface area contributed by atoms with Crippen LogP contribution in [0, 0.1) is 0 Å². The normalized spacial score (nSPS) is 10.4. The summed E-state index contributed by atoms with van der Waals surface area (Å²) in [7, 11) is 3.26. The van der Waals surface area contributed by atoms with Crippen molar-refractivity contribution in [3.05, 3.63) is 33.6 Å². The maximum atomic E-state index is 5.81. The Morgan fingerprint density at radius 1 is 1.22 bits per heavy atom. The molecule has 2 rings (SSSR count). The Balaban J connectivity index is 2.62. The SMILES string of the molecule is COc1cc(CN)c(-c2sccc2Br)cc1OC. The van der Waals surface area contributed by atoms with Gasteiger partial charge in [-0.1, -0.05) is 0 Å². The van der Waals surface area contributed by atoms with Crippen molar-refractivity contribution >= 4 is 27.3 Å². The summed E-state index contributed by atoms with van der Waals surface area (Å²) in [6, 6.07) is 5.93. The van der Waals surface area contributed by atoms with Crippen LogP contribution in [-0.4, -0.2) is 14.2 Å². The van der Waals surface area contributed by atoms with Crippen LogP contribution in [-0.2, 0) is 6.54 Å². The van der Waals surface area contributed by atoms with Crippen LogP contribution >= 0.6 is 27.3 Å². The zero-order chi connectivity index (χ0) is 13.1. The molecule has 0 saturated heterocycles. The van der Waals surface area contributed by atoms with Crippen LogP contribution in [0.15, 0.2) is 28.1 Å². The molecule has 5 heteroatoms. The number of benzene rings is 1. The van der Waals surface area contributed by atoms with E-state index in [0.29, 0.717) is 18.0 Å². The molecule has 2 aromatic rings. The van der Waals surface area contributed by atoms with Gasteiger partial charge in [0.2, 0.25) is 0 Å². The van der Waals surface area contributed by atoms with E-state index in [9.17, 15) is 0 Å². The first-order valence-corrected chi connectivity index (χ1v) is 7.06. The van der Waals surface area contributed by atoms with Crippen LogP contribution in [0.5, 0.6) is 11.5 Å². The summed E-state index contributed by atoms with van der Waals surface area (Å²) >= 11 is 5.21. The predicted molar refractivity (Wildman–Crippen MR) is 78.5 cm³/mol. The van der Waals surface area contributed by atoms with E-state index in [4.69, 9.17) is 15.2 Å². The first kappa shape index (κ1) is 13.4. The molecule has 0 bridgehead atoms. The molecule has 0 aliphatic heterocycles. The molecule has 0 aliphatic carbocycles. The largest absolute Gasteiger partial charge is 0.493 e. The van der Waals surface area contributed by atoms with Gasteiger partial charge in [-0.2, -0.15) is 0 Å². The third-order valence-electron chi connectivity index (χ3n) is 2.69. The Morgan fingerprint density at radius 3 is 2.39 bits per heavy atom. The fraction of sp³-hybridized carbons (Fsp3) is 0.231. The highest BCUT2D eigenvalue weighted by Gasteiger charge is 2.14. The summed E-state index contributed by atoms with van der Waals surface area (Å²) in [5.74, 6) is 1.42. The van der Waals surface area contributed by atoms with Gasteiger partial charge in [-0.3, -0.25) is 0 Å². The van der Waals surface area contributed by atoms with Crippen molar-refractivity contribution in [1.29, 1.82) is 0 Å². The van der Waals surface area contributed by atoms with Gasteiger partial charge in [0.05, 0.1) is 14.2 Å². The van der Waals surface area contributed by atoms with Gasteiger partial charge >= 0.3 is 0 Å². The van der Waals surface area contributed by atoms with Crippen LogP contribution in [0.3, 0.4) is 0 Å². The molecule has 2 N–H and O–H groups in total. The van der Waals surface area contributed by atoms with E-state index in [0.717, 1.165) is 20.5 Å². The highest BCUT2D eigenvalue weighted by Crippen LogP contribution is 2.40. The number of halogens is 1. The van der Waals surface area contributed by atoms with E-state index in [1.165, 1.54) is 0 Å². The van der Waals surface area contributed by atoms with E-state index in [-0.39, 0.29) is 0 Å². The molecular formula is C13H14BrNO2S. The van der Waals surface area contributed by atoms with Crippen LogP contribution in [0.1, 0.15) is 5.56 Å². The number of ether oxygens (including phenoxy) is 2. The first-order valence-electron chi connectivity index (χ1n) is 5.39. The van der Waals surface area contributed by atoms with Crippen molar-refractivity contribution in [3.63, 3.8) is 0 Å². The van der Waals surface area contributed by atoms with Gasteiger partial charge in [-0.05, 0) is 45.1 Å². The van der Waals surface area contributed by atoms with Crippen molar-refractivity contribution in [2.45, 2.75) is 6.54 Å². The van der Waals surface area contributed by atoms with Gasteiger partial charge in [0.15, 0.2) is 11.5 Å². The second kappa shape index (κ2) is 5.73. The molecule has 18 heavy (non-hydrogen) atoms. The predicted octanol–water partition coefficient (Wildman–Crippen LogP) is 3.65. The second-order valence-electron chi connectivity index (χ2n) is 3.67. The molecule has 0 aliphatic rings. The summed E-state index contributed by atoms with van der Waals surface area (Å²) in [5.41, 5.74) is 7.93. The molecule has 1 aromatic heterocycles. The Labute approximate surface area is 119 Å². The van der Waals surface area contributed by atoms with Crippen LogP contribution in [0.4, 0.5) is 0 Å². The summed E-state index contributed by atoms with van der Waals surface area (Å²) in [5, 5.41) is 2.04. The van der Waals surface area contributed by atoms with Gasteiger partial charge in [0, 0.05) is 21.5 Å². The monoisotopic (exact) mass is 327 g/mol. The number of thiophene rings is 1. The zero-order valence-electron chi connectivity index (χ0n) is 10.2. The summed E-state index contributed by atoms with van der Waals surface area (Å²) in [6.07, 6.45) is 0. The minimum Gasteiger partial charge on any atom is -0.493 e. The topological polar surface area (TPSA) is 44.5 Å². The molecule has 0 fully saturated rings. The number of rotatable bonds is 4. The van der Waals surface area contributed by atoms with Gasteiger partial charge < -0.3 is 15.2 Å². The Hall–Kier alpha value is -1.04. The fourth-order valence-corrected chi connectivity index (χ4v) is 3.43. The van der Waals surface area contributed by atoms with Crippen LogP contribution in [0.25, 0.3) is 10.4 Å². The Kier molecular flexibility index (Phi) is 4.27. The lowest BCUT2D eigenvalue weighted by atomic mass is 10.0. The highest BCUT2D eigenvalue weighted by molar-refractivity contribution is 9.10. The van der Waals surface area contributed by atoms with E-state index in [2.05, 4.69) is 15.9 Å². The molecule has 0 spiro atoms. The molecule has 0 amide bonds. The third kappa shape index (κ3) is 2.39. The molecule has 1 aromatic carbocycles. The molecule has 0 radical (unpaired) electrons. The lowest BCUT2D eigenvalue weighted by Gasteiger charge is -2.13. The maximum Gasteiger partial charge on any atom is 0.161 e. The smallest absolute Gasteiger partial charge is 0.161 e. The van der Waals surface area contributed by atoms with Gasteiger partial charge in [0.1, 0.15) is 0 Å². The minimum absolute atomic E-state index is 0.458. The summed E-state index contributed by atoms with van der Waals surface area (Å²) in [6.45, 7) is 0.458. The quantitative estimate of drug-likeness (QED) is 0.932. The van der Waals surface area contributed by atoms with Crippen molar-refractivity contribution in [2.24, 2.45) is 5.73 Å². The lowest BCUT2D eigenvalue weighted by molar-refractivity contribution is 0.354. The number of hydrogen-bond acceptors (Lipinski definition) is 4. The standard InChI is InChI=1S/C13H14BrNO2S/c1-16-11-5-8(7-15)9(6-12(11)17-2)13-10(14)3-4-18-13/h3-6H,7,15H2,1-2H3. The fourth-order valence-electron chi connectivity index (χ4n) is 1.79. The van der Waals surface area contributed by atoms with Gasteiger partial charge in [0.25, 0.3) is 0 Å². The van der Waals surface area contributed by atoms with E-state index >= 15 is 0 Å². The highest BCUT2D eigenvalue weighted by atomic mass is 79.9. The average Bonchev–Trinajstić information content (AvgIpc) is 2.83. The van der Waals surface area contributed by atoms with E-state index in [1.807, 2.05) is 23.6 Å². The lowest BCUT2D eigenvalue weighted by Crippen LogP contribution is -2.01. The molecular weight excluding hydrogens is 314 g/mol.